The van der Waals surface area contributed by atoms with Crippen molar-refractivity contribution in [1.82, 2.24) is 24.8 Å². The number of thioether (sulfide) groups is 1. The van der Waals surface area contributed by atoms with Crippen molar-refractivity contribution < 1.29 is 37.3 Å². The van der Waals surface area contributed by atoms with Gasteiger partial charge in [-0.2, -0.15) is 5.10 Å². The SMILES string of the molecule is O=C(NCc1cc2c3ccccc3nc(SCC(=O)N3CCC(Oc4ccc([C@@H]5c6ccc(O)cc6CC[C@@H]5c5ccccc5)cc4)CC3)n2n1)c1ccccc1OC(F)(F)F. The lowest BCUT2D eigenvalue weighted by Crippen LogP contribution is -2.42. The fourth-order valence-electron chi connectivity index (χ4n) is 8.68. The van der Waals surface area contributed by atoms with Crippen LogP contribution < -0.4 is 14.8 Å². The monoisotopic (exact) mass is 857 g/mol. The van der Waals surface area contributed by atoms with Crippen molar-refractivity contribution in [3.05, 3.63) is 161 Å². The number of likely N-dealkylation sites (tertiary alicyclic amines) is 1. The average Bonchev–Trinajstić information content (AvgIpc) is 3.72. The molecule has 1 aliphatic carbocycles. The summed E-state index contributed by atoms with van der Waals surface area (Å²) in [5.74, 6) is 0.280. The first-order valence-corrected chi connectivity index (χ1v) is 21.5. The second kappa shape index (κ2) is 17.4. The number of nitrogens with one attached hydrogen (secondary N) is 1. The van der Waals surface area contributed by atoms with Gasteiger partial charge in [0.25, 0.3) is 5.91 Å². The maximum absolute atomic E-state index is 13.6. The predicted molar refractivity (Wildman–Crippen MR) is 230 cm³/mol. The molecule has 2 N–H and O–H groups in total. The van der Waals surface area contributed by atoms with E-state index in [0.29, 0.717) is 59.5 Å². The van der Waals surface area contributed by atoms with Crippen LogP contribution in [-0.4, -0.2) is 67.7 Å². The predicted octanol–water partition coefficient (Wildman–Crippen LogP) is 9.44. The molecule has 2 atom stereocenters. The van der Waals surface area contributed by atoms with Crippen LogP contribution in [0.2, 0.25) is 0 Å². The summed E-state index contributed by atoms with van der Waals surface area (Å²) in [4.78, 5) is 33.2. The van der Waals surface area contributed by atoms with Gasteiger partial charge in [-0.1, -0.05) is 90.6 Å². The number of phenolic OH excluding ortho intramolecular Hbond substituents is 1. The fourth-order valence-corrected chi connectivity index (χ4v) is 9.54. The highest BCUT2D eigenvalue weighted by molar-refractivity contribution is 7.99. The number of nitrogens with zero attached hydrogens (tertiary/aromatic N) is 4. The van der Waals surface area contributed by atoms with E-state index < -0.39 is 18.0 Å². The molecular formula is C48H42F3N5O5S. The van der Waals surface area contributed by atoms with Crippen LogP contribution in [0, 0.1) is 0 Å². The molecule has 0 unspecified atom stereocenters. The molecule has 3 heterocycles. The van der Waals surface area contributed by atoms with Gasteiger partial charge in [-0.05, 0) is 89.5 Å². The molecule has 62 heavy (non-hydrogen) atoms. The summed E-state index contributed by atoms with van der Waals surface area (Å²) in [6.45, 7) is 1.03. The van der Waals surface area contributed by atoms with E-state index in [1.165, 1.54) is 52.2 Å². The number of carbonyl (C=O) groups is 2. The van der Waals surface area contributed by atoms with Crippen molar-refractivity contribution in [2.24, 2.45) is 0 Å². The number of aryl methyl sites for hydroxylation is 1. The Kier molecular flexibility index (Phi) is 11.5. The molecule has 10 nitrogen and oxygen atoms in total. The maximum atomic E-state index is 13.6. The number of ether oxygens (including phenoxy) is 2. The van der Waals surface area contributed by atoms with Gasteiger partial charge in [-0.25, -0.2) is 9.50 Å². The molecule has 0 bridgehead atoms. The van der Waals surface area contributed by atoms with Crippen LogP contribution >= 0.6 is 11.8 Å². The van der Waals surface area contributed by atoms with Crippen LogP contribution in [0.1, 0.15) is 69.4 Å². The van der Waals surface area contributed by atoms with E-state index in [2.05, 4.69) is 57.6 Å². The van der Waals surface area contributed by atoms with E-state index >= 15 is 0 Å². The lowest BCUT2D eigenvalue weighted by atomic mass is 9.69. The number of piperidine rings is 1. The van der Waals surface area contributed by atoms with Crippen molar-refractivity contribution >= 4 is 40.0 Å². The van der Waals surface area contributed by atoms with Crippen molar-refractivity contribution in [2.45, 2.75) is 61.7 Å². The molecule has 9 rings (SSSR count). The second-order valence-electron chi connectivity index (χ2n) is 15.5. The first kappa shape index (κ1) is 40.8. The van der Waals surface area contributed by atoms with E-state index in [1.54, 1.807) is 16.6 Å². The Bertz CT molecular complexity index is 2740. The number of hydrogen-bond acceptors (Lipinski definition) is 8. The lowest BCUT2D eigenvalue weighted by Gasteiger charge is -2.35. The number of halogens is 3. The fraction of sp³-hybridized carbons (Fsp3) is 0.250. The van der Waals surface area contributed by atoms with Crippen LogP contribution in [0.15, 0.2) is 133 Å². The molecule has 5 aromatic carbocycles. The Labute approximate surface area is 359 Å². The van der Waals surface area contributed by atoms with Crippen molar-refractivity contribution in [3.8, 4) is 17.2 Å². The third-order valence-electron chi connectivity index (χ3n) is 11.6. The zero-order valence-corrected chi connectivity index (χ0v) is 34.2. The number of benzene rings is 5. The van der Waals surface area contributed by atoms with Crippen LogP contribution in [0.5, 0.6) is 17.2 Å². The highest BCUT2D eigenvalue weighted by Crippen LogP contribution is 2.47. The van der Waals surface area contributed by atoms with Crippen LogP contribution in [0.3, 0.4) is 0 Å². The van der Waals surface area contributed by atoms with E-state index in [0.717, 1.165) is 30.0 Å². The number of rotatable bonds is 11. The average molecular weight is 858 g/mol. The molecule has 14 heteroatoms. The molecule has 1 saturated heterocycles. The molecule has 2 amide bonds. The minimum Gasteiger partial charge on any atom is -0.508 e. The summed E-state index contributed by atoms with van der Waals surface area (Å²) in [7, 11) is 0. The number of phenols is 1. The number of aromatic hydroxyl groups is 1. The van der Waals surface area contributed by atoms with Gasteiger partial charge >= 0.3 is 6.36 Å². The van der Waals surface area contributed by atoms with Crippen molar-refractivity contribution in [3.63, 3.8) is 0 Å². The number of hydrogen-bond donors (Lipinski definition) is 2. The number of carbonyl (C=O) groups excluding carboxylic acids is 2. The van der Waals surface area contributed by atoms with Gasteiger partial charge in [0.1, 0.15) is 23.4 Å². The Hall–Kier alpha value is -6.54. The maximum Gasteiger partial charge on any atom is 0.573 e. The van der Waals surface area contributed by atoms with Gasteiger partial charge in [-0.15, -0.1) is 13.2 Å². The number of aromatic nitrogens is 3. The summed E-state index contributed by atoms with van der Waals surface area (Å²) in [6, 6.07) is 39.2. The van der Waals surface area contributed by atoms with Crippen LogP contribution in [-0.2, 0) is 17.8 Å². The quantitative estimate of drug-likeness (QED) is 0.0977. The highest BCUT2D eigenvalue weighted by atomic mass is 32.2. The minimum absolute atomic E-state index is 0.0330. The molecule has 2 aliphatic rings. The Balaban J connectivity index is 0.824. The first-order valence-electron chi connectivity index (χ1n) is 20.5. The molecule has 1 aliphatic heterocycles. The molecule has 7 aromatic rings. The third-order valence-corrected chi connectivity index (χ3v) is 12.5. The Morgan fingerprint density at radius 2 is 1.58 bits per heavy atom. The van der Waals surface area contributed by atoms with E-state index in [-0.39, 0.29) is 35.8 Å². The topological polar surface area (TPSA) is 118 Å². The summed E-state index contributed by atoms with van der Waals surface area (Å²) >= 11 is 1.26. The number of fused-ring (bicyclic) bond motifs is 4. The van der Waals surface area contributed by atoms with Crippen LogP contribution in [0.4, 0.5) is 13.2 Å². The minimum atomic E-state index is -4.95. The number of alkyl halides is 3. The van der Waals surface area contributed by atoms with Gasteiger partial charge in [-0.3, -0.25) is 9.59 Å². The summed E-state index contributed by atoms with van der Waals surface area (Å²) < 4.78 is 51.0. The molecule has 316 valence electrons. The van der Waals surface area contributed by atoms with Gasteiger partial charge in [0.2, 0.25) is 5.91 Å². The zero-order valence-electron chi connectivity index (χ0n) is 33.4. The highest BCUT2D eigenvalue weighted by Gasteiger charge is 2.34. The first-order chi connectivity index (χ1) is 30.1. The molecular weight excluding hydrogens is 816 g/mol. The van der Waals surface area contributed by atoms with Gasteiger partial charge in [0, 0.05) is 37.2 Å². The van der Waals surface area contributed by atoms with E-state index in [4.69, 9.17) is 9.72 Å². The Morgan fingerprint density at radius 1 is 0.839 bits per heavy atom. The summed E-state index contributed by atoms with van der Waals surface area (Å²) in [6.07, 6.45) is -1.72. The zero-order chi connectivity index (χ0) is 42.8. The Morgan fingerprint density at radius 3 is 2.37 bits per heavy atom. The van der Waals surface area contributed by atoms with Gasteiger partial charge in [0.05, 0.1) is 34.6 Å². The number of para-hydroxylation sites is 2. The van der Waals surface area contributed by atoms with Gasteiger partial charge in [0.15, 0.2) is 5.16 Å². The molecule has 0 radical (unpaired) electrons. The summed E-state index contributed by atoms with van der Waals surface area (Å²) in [5, 5.41) is 18.8. The lowest BCUT2D eigenvalue weighted by molar-refractivity contribution is -0.274. The molecule has 0 spiro atoms. The molecule has 2 aromatic heterocycles. The van der Waals surface area contributed by atoms with Crippen molar-refractivity contribution in [2.75, 3.05) is 18.8 Å². The second-order valence-corrected chi connectivity index (χ2v) is 16.5. The smallest absolute Gasteiger partial charge is 0.508 e. The van der Waals surface area contributed by atoms with Gasteiger partial charge < -0.3 is 24.8 Å². The summed E-state index contributed by atoms with van der Waals surface area (Å²) in [5.41, 5.74) is 6.54. The molecule has 1 fully saturated rings. The third kappa shape index (κ3) is 8.92. The van der Waals surface area contributed by atoms with Crippen molar-refractivity contribution in [1.29, 1.82) is 0 Å². The number of amides is 2. The normalized spacial score (nSPS) is 16.9. The van der Waals surface area contributed by atoms with Crippen LogP contribution in [0.25, 0.3) is 16.4 Å². The van der Waals surface area contributed by atoms with E-state index in [9.17, 15) is 27.9 Å². The largest absolute Gasteiger partial charge is 0.573 e. The molecule has 0 saturated carbocycles. The standard InChI is InChI=1S/C48H42F3N5O5S/c49-48(50,51)61-43-13-7-5-11-40(43)46(59)52-28-33-27-42-39-10-4-6-12-41(39)53-47(56(42)54-33)62-29-44(58)55-24-22-36(23-25-55)60-35-18-14-31(15-19-35)45-37(30-8-2-1-3-9-30)20-16-32-26-34(57)17-21-38(32)45/h1-15,17-19,21,26-27,36-37,45,57H,16,20,22-25,28-29H2,(H,52,59)/t37-,45+/m1/s1. The van der Waals surface area contributed by atoms with E-state index in [1.807, 2.05) is 53.4 Å².